The highest BCUT2D eigenvalue weighted by Crippen LogP contribution is 2.21. The second-order valence-corrected chi connectivity index (χ2v) is 7.26. The quantitative estimate of drug-likeness (QED) is 0.466. The van der Waals surface area contributed by atoms with Crippen LogP contribution in [0.25, 0.3) is 0 Å². The van der Waals surface area contributed by atoms with Crippen molar-refractivity contribution in [3.8, 4) is 5.75 Å². The molecule has 3 aromatic carbocycles. The summed E-state index contributed by atoms with van der Waals surface area (Å²) in [5.74, 6) is 0.229. The van der Waals surface area contributed by atoms with E-state index in [-0.39, 0.29) is 5.91 Å². The van der Waals surface area contributed by atoms with Gasteiger partial charge in [-0.1, -0.05) is 54.6 Å². The van der Waals surface area contributed by atoms with Crippen LogP contribution in [0.2, 0.25) is 0 Å². The van der Waals surface area contributed by atoms with Gasteiger partial charge in [0, 0.05) is 18.8 Å². The third kappa shape index (κ3) is 5.06. The average Bonchev–Trinajstić information content (AvgIpc) is 3.34. The summed E-state index contributed by atoms with van der Waals surface area (Å²) in [7, 11) is 0. The summed E-state index contributed by atoms with van der Waals surface area (Å²) >= 11 is 0. The fraction of sp³-hybridized carbons (Fsp3) is 0.200. The molecule has 0 saturated carbocycles. The van der Waals surface area contributed by atoms with E-state index in [2.05, 4.69) is 27.6 Å². The predicted octanol–water partition coefficient (Wildman–Crippen LogP) is 4.63. The van der Waals surface area contributed by atoms with Crippen molar-refractivity contribution in [3.63, 3.8) is 0 Å². The van der Waals surface area contributed by atoms with Crippen molar-refractivity contribution in [1.29, 1.82) is 0 Å². The monoisotopic (exact) mass is 399 g/mol. The number of nitrogens with zero attached hydrogens (tertiary/aromatic N) is 2. The number of hydrogen-bond acceptors (Lipinski definition) is 4. The Bertz CT molecular complexity index is 994. The molecule has 1 heterocycles. The van der Waals surface area contributed by atoms with Crippen LogP contribution in [-0.2, 0) is 6.61 Å². The number of para-hydroxylation sites is 1. The maximum Gasteiger partial charge on any atom is 0.275 e. The Morgan fingerprint density at radius 1 is 0.933 bits per heavy atom. The zero-order valence-corrected chi connectivity index (χ0v) is 16.8. The van der Waals surface area contributed by atoms with E-state index >= 15 is 0 Å². The van der Waals surface area contributed by atoms with Crippen LogP contribution in [0.4, 0.5) is 5.69 Å². The fourth-order valence-electron chi connectivity index (χ4n) is 3.49. The second kappa shape index (κ2) is 9.74. The molecular formula is C25H25N3O2. The molecule has 1 saturated heterocycles. The Hall–Kier alpha value is -3.60. The molecule has 0 spiro atoms. The summed E-state index contributed by atoms with van der Waals surface area (Å²) in [6.07, 6.45) is 4.16. The number of benzene rings is 3. The molecule has 3 aromatic rings. The summed E-state index contributed by atoms with van der Waals surface area (Å²) in [6, 6.07) is 25.3. The van der Waals surface area contributed by atoms with Crippen LogP contribution in [0.1, 0.15) is 34.3 Å². The van der Waals surface area contributed by atoms with Crippen molar-refractivity contribution in [2.45, 2.75) is 19.4 Å². The number of amides is 1. The molecule has 1 fully saturated rings. The molecule has 0 bridgehead atoms. The van der Waals surface area contributed by atoms with E-state index in [9.17, 15) is 4.79 Å². The second-order valence-electron chi connectivity index (χ2n) is 7.26. The zero-order valence-electron chi connectivity index (χ0n) is 16.8. The van der Waals surface area contributed by atoms with Crippen LogP contribution in [0.3, 0.4) is 0 Å². The average molecular weight is 399 g/mol. The highest BCUT2D eigenvalue weighted by Gasteiger charge is 2.12. The van der Waals surface area contributed by atoms with E-state index in [4.69, 9.17) is 4.74 Å². The van der Waals surface area contributed by atoms with Crippen LogP contribution in [0.5, 0.6) is 5.75 Å². The topological polar surface area (TPSA) is 53.9 Å². The van der Waals surface area contributed by atoms with Gasteiger partial charge in [-0.15, -0.1) is 0 Å². The summed E-state index contributed by atoms with van der Waals surface area (Å²) in [5, 5.41) is 4.11. The predicted molar refractivity (Wildman–Crippen MR) is 120 cm³/mol. The van der Waals surface area contributed by atoms with Crippen LogP contribution < -0.4 is 15.1 Å². The van der Waals surface area contributed by atoms with Gasteiger partial charge in [-0.25, -0.2) is 5.43 Å². The number of hydrogen-bond donors (Lipinski definition) is 1. The van der Waals surface area contributed by atoms with Gasteiger partial charge in [-0.2, -0.15) is 5.10 Å². The largest absolute Gasteiger partial charge is 0.488 e. The van der Waals surface area contributed by atoms with Crippen LogP contribution in [0.15, 0.2) is 84.0 Å². The van der Waals surface area contributed by atoms with Crippen LogP contribution in [0, 0.1) is 0 Å². The van der Waals surface area contributed by atoms with Gasteiger partial charge in [-0.05, 0) is 48.2 Å². The van der Waals surface area contributed by atoms with E-state index < -0.39 is 0 Å². The molecular weight excluding hydrogens is 374 g/mol. The molecule has 4 rings (SSSR count). The van der Waals surface area contributed by atoms with Crippen LogP contribution >= 0.6 is 0 Å². The van der Waals surface area contributed by atoms with E-state index in [0.29, 0.717) is 17.9 Å². The minimum absolute atomic E-state index is 0.302. The zero-order chi connectivity index (χ0) is 20.6. The van der Waals surface area contributed by atoms with Crippen molar-refractivity contribution in [3.05, 3.63) is 95.6 Å². The fourth-order valence-corrected chi connectivity index (χ4v) is 3.49. The molecule has 0 radical (unpaired) electrons. The number of carbonyl (C=O) groups is 1. The SMILES string of the molecule is O=C(N/N=C/c1ccc(N2CCCC2)cc1)c1ccccc1OCc1ccccc1. The minimum atomic E-state index is -0.302. The summed E-state index contributed by atoms with van der Waals surface area (Å²) < 4.78 is 5.85. The normalized spacial score (nSPS) is 13.5. The lowest BCUT2D eigenvalue weighted by molar-refractivity contribution is 0.0950. The maximum absolute atomic E-state index is 12.6. The molecule has 1 aliphatic heterocycles. The third-order valence-electron chi connectivity index (χ3n) is 5.11. The standard InChI is InChI=1S/C25H25N3O2/c29-25(23-10-4-5-11-24(23)30-19-21-8-2-1-3-9-21)27-26-18-20-12-14-22(15-13-20)28-16-6-7-17-28/h1-5,8-15,18H,6-7,16-17,19H2,(H,27,29)/b26-18+. The van der Waals surface area contributed by atoms with Gasteiger partial charge in [0.2, 0.25) is 0 Å². The molecule has 0 unspecified atom stereocenters. The van der Waals surface area contributed by atoms with Crippen LogP contribution in [-0.4, -0.2) is 25.2 Å². The molecule has 1 aliphatic rings. The Balaban J connectivity index is 1.35. The first-order valence-corrected chi connectivity index (χ1v) is 10.2. The Kier molecular flexibility index (Phi) is 6.40. The maximum atomic E-state index is 12.6. The molecule has 1 amide bonds. The van der Waals surface area contributed by atoms with E-state index in [0.717, 1.165) is 24.2 Å². The number of nitrogens with one attached hydrogen (secondary N) is 1. The van der Waals surface area contributed by atoms with E-state index in [1.165, 1.54) is 18.5 Å². The molecule has 5 nitrogen and oxygen atoms in total. The number of rotatable bonds is 7. The number of ether oxygens (including phenoxy) is 1. The van der Waals surface area contributed by atoms with Crippen molar-refractivity contribution in [2.24, 2.45) is 5.10 Å². The van der Waals surface area contributed by atoms with Gasteiger partial charge in [-0.3, -0.25) is 4.79 Å². The number of anilines is 1. The molecule has 30 heavy (non-hydrogen) atoms. The lowest BCUT2D eigenvalue weighted by Crippen LogP contribution is -2.19. The Morgan fingerprint density at radius 3 is 2.40 bits per heavy atom. The first-order valence-electron chi connectivity index (χ1n) is 10.2. The Labute approximate surface area is 177 Å². The highest BCUT2D eigenvalue weighted by atomic mass is 16.5. The first-order chi connectivity index (χ1) is 14.8. The Morgan fingerprint density at radius 2 is 1.63 bits per heavy atom. The van der Waals surface area contributed by atoms with Crippen molar-refractivity contribution >= 4 is 17.8 Å². The summed E-state index contributed by atoms with van der Waals surface area (Å²) in [4.78, 5) is 15.0. The molecule has 152 valence electrons. The summed E-state index contributed by atoms with van der Waals surface area (Å²) in [6.45, 7) is 2.64. The highest BCUT2D eigenvalue weighted by molar-refractivity contribution is 5.97. The van der Waals surface area contributed by atoms with Gasteiger partial charge < -0.3 is 9.64 Å². The number of hydrazone groups is 1. The van der Waals surface area contributed by atoms with Crippen molar-refractivity contribution in [1.82, 2.24) is 5.43 Å². The molecule has 1 N–H and O–H groups in total. The van der Waals surface area contributed by atoms with Crippen molar-refractivity contribution < 1.29 is 9.53 Å². The van der Waals surface area contributed by atoms with Crippen molar-refractivity contribution in [2.75, 3.05) is 18.0 Å². The lowest BCUT2D eigenvalue weighted by Gasteiger charge is -2.17. The van der Waals surface area contributed by atoms with Gasteiger partial charge in [0.15, 0.2) is 0 Å². The smallest absolute Gasteiger partial charge is 0.275 e. The third-order valence-corrected chi connectivity index (χ3v) is 5.11. The molecule has 0 aliphatic carbocycles. The number of carbonyl (C=O) groups excluding carboxylic acids is 1. The first kappa shape index (κ1) is 19.7. The van der Waals surface area contributed by atoms with Gasteiger partial charge in [0.1, 0.15) is 12.4 Å². The van der Waals surface area contributed by atoms with Gasteiger partial charge in [0.05, 0.1) is 11.8 Å². The minimum Gasteiger partial charge on any atom is -0.488 e. The van der Waals surface area contributed by atoms with Gasteiger partial charge >= 0.3 is 0 Å². The molecule has 0 aromatic heterocycles. The lowest BCUT2D eigenvalue weighted by atomic mass is 10.2. The van der Waals surface area contributed by atoms with Gasteiger partial charge in [0.25, 0.3) is 5.91 Å². The summed E-state index contributed by atoms with van der Waals surface area (Å²) in [5.41, 5.74) is 6.27. The molecule has 5 heteroatoms. The molecule has 0 atom stereocenters. The van der Waals surface area contributed by atoms with E-state index in [1.807, 2.05) is 54.6 Å². The van der Waals surface area contributed by atoms with E-state index in [1.54, 1.807) is 18.3 Å².